The third-order valence-corrected chi connectivity index (χ3v) is 4.47. The Bertz CT molecular complexity index is 793. The molecule has 7 nitrogen and oxygen atoms in total. The zero-order valence-corrected chi connectivity index (χ0v) is 13.8. The van der Waals surface area contributed by atoms with Crippen LogP contribution >= 0.6 is 0 Å². The number of nitrogens with one attached hydrogen (secondary N) is 1. The van der Waals surface area contributed by atoms with E-state index in [1.807, 2.05) is 24.3 Å². The van der Waals surface area contributed by atoms with Gasteiger partial charge in [0.25, 0.3) is 11.9 Å². The van der Waals surface area contributed by atoms with Crippen LogP contribution in [0.3, 0.4) is 0 Å². The van der Waals surface area contributed by atoms with E-state index in [-0.39, 0.29) is 18.0 Å². The van der Waals surface area contributed by atoms with Crippen molar-refractivity contribution >= 4 is 17.6 Å². The van der Waals surface area contributed by atoms with Crippen LogP contribution in [-0.2, 0) is 11.2 Å². The molecule has 1 aliphatic heterocycles. The van der Waals surface area contributed by atoms with Gasteiger partial charge in [0.15, 0.2) is 12.1 Å². The predicted molar refractivity (Wildman–Crippen MR) is 92.6 cm³/mol. The third-order valence-electron chi connectivity index (χ3n) is 4.47. The quantitative estimate of drug-likeness (QED) is 0.841. The number of oxazole rings is 1. The maximum absolute atomic E-state index is 12.4. The van der Waals surface area contributed by atoms with Crippen molar-refractivity contribution in [2.75, 3.05) is 11.9 Å². The first-order chi connectivity index (χ1) is 12.2. The summed E-state index contributed by atoms with van der Waals surface area (Å²) in [4.78, 5) is 20.6. The summed E-state index contributed by atoms with van der Waals surface area (Å²) in [7, 11) is 0. The molecule has 0 radical (unpaired) electrons. The van der Waals surface area contributed by atoms with Gasteiger partial charge in [-0.05, 0) is 43.4 Å². The topological polar surface area (TPSA) is 103 Å². The summed E-state index contributed by atoms with van der Waals surface area (Å²) in [6.07, 6.45) is 5.23. The van der Waals surface area contributed by atoms with E-state index < -0.39 is 0 Å². The summed E-state index contributed by atoms with van der Waals surface area (Å²) in [5, 5.41) is 2.88. The van der Waals surface area contributed by atoms with E-state index in [2.05, 4.69) is 15.3 Å². The number of hydrogen-bond donors (Lipinski definition) is 2. The number of anilines is 1. The fourth-order valence-electron chi connectivity index (χ4n) is 2.92. The van der Waals surface area contributed by atoms with Gasteiger partial charge in [-0.2, -0.15) is 0 Å². The number of carbonyl (C=O) groups excluding carboxylic acids is 1. The second-order valence-corrected chi connectivity index (χ2v) is 6.46. The Morgan fingerprint density at radius 2 is 2.08 bits per heavy atom. The number of ether oxygens (including phenoxy) is 1. The average molecular weight is 340 g/mol. The van der Waals surface area contributed by atoms with Crippen molar-refractivity contribution < 1.29 is 13.9 Å². The summed E-state index contributed by atoms with van der Waals surface area (Å²) >= 11 is 0. The van der Waals surface area contributed by atoms with Crippen LogP contribution in [0.5, 0.6) is 0 Å². The molecule has 1 aromatic carbocycles. The molecule has 0 spiro atoms. The number of rotatable bonds is 6. The minimum Gasteiger partial charge on any atom is -0.463 e. The van der Waals surface area contributed by atoms with Gasteiger partial charge in [0, 0.05) is 11.6 Å². The van der Waals surface area contributed by atoms with Crippen LogP contribution < -0.4 is 11.1 Å². The lowest BCUT2D eigenvalue weighted by molar-refractivity contribution is 0.102. The van der Waals surface area contributed by atoms with Gasteiger partial charge in [0.1, 0.15) is 12.4 Å². The van der Waals surface area contributed by atoms with Crippen LogP contribution in [0.1, 0.15) is 47.0 Å². The van der Waals surface area contributed by atoms with Crippen molar-refractivity contribution in [3.8, 4) is 0 Å². The van der Waals surface area contributed by atoms with E-state index >= 15 is 0 Å². The molecule has 2 aliphatic rings. The van der Waals surface area contributed by atoms with Gasteiger partial charge >= 0.3 is 0 Å². The van der Waals surface area contributed by atoms with E-state index in [4.69, 9.17) is 14.9 Å². The number of nitrogens with zero attached hydrogens (tertiary/aromatic N) is 2. The SMILES string of the molecule is NC1=N[C@@H](CCc2ccc(NC(=O)c3ncoc3C3CC3)cc2)CO1. The summed E-state index contributed by atoms with van der Waals surface area (Å²) in [6, 6.07) is 8.21. The van der Waals surface area contributed by atoms with Crippen molar-refractivity contribution in [3.05, 3.63) is 47.7 Å². The first kappa shape index (κ1) is 15.7. The molecule has 1 atom stereocenters. The standard InChI is InChI=1S/C18H20N4O3/c19-18-22-14(9-24-18)8-3-11-1-6-13(7-2-11)21-17(23)15-16(12-4-5-12)25-10-20-15/h1-2,6-7,10,12,14H,3-5,8-9H2,(H2,19,22)(H,21,23)/t14-/m0/s1. The van der Waals surface area contributed by atoms with Crippen LogP contribution in [0.15, 0.2) is 40.1 Å². The number of nitrogens with two attached hydrogens (primary N) is 1. The molecule has 130 valence electrons. The lowest BCUT2D eigenvalue weighted by atomic mass is 10.1. The Kier molecular flexibility index (Phi) is 4.13. The number of benzene rings is 1. The Balaban J connectivity index is 1.34. The summed E-state index contributed by atoms with van der Waals surface area (Å²) in [5.41, 5.74) is 7.82. The third kappa shape index (κ3) is 3.65. The van der Waals surface area contributed by atoms with Crippen LogP contribution in [0.4, 0.5) is 5.69 Å². The van der Waals surface area contributed by atoms with E-state index in [1.54, 1.807) is 0 Å². The Labute approximate surface area is 145 Å². The molecule has 0 bridgehead atoms. The Morgan fingerprint density at radius 3 is 2.76 bits per heavy atom. The van der Waals surface area contributed by atoms with Gasteiger partial charge in [0.2, 0.25) is 0 Å². The zero-order chi connectivity index (χ0) is 17.2. The molecule has 2 aromatic rings. The number of aryl methyl sites for hydroxylation is 1. The van der Waals surface area contributed by atoms with E-state index in [0.29, 0.717) is 24.0 Å². The minimum atomic E-state index is -0.226. The Hall–Kier alpha value is -2.83. The van der Waals surface area contributed by atoms with Crippen molar-refractivity contribution in [3.63, 3.8) is 0 Å². The van der Waals surface area contributed by atoms with Gasteiger partial charge in [-0.15, -0.1) is 0 Å². The summed E-state index contributed by atoms with van der Waals surface area (Å²) in [5.74, 6) is 0.825. The minimum absolute atomic E-state index is 0.132. The fourth-order valence-corrected chi connectivity index (χ4v) is 2.92. The molecule has 4 rings (SSSR count). The maximum Gasteiger partial charge on any atom is 0.282 e. The predicted octanol–water partition coefficient (Wildman–Crippen LogP) is 2.45. The fraction of sp³-hybridized carbons (Fsp3) is 0.389. The molecule has 2 heterocycles. The lowest BCUT2D eigenvalue weighted by Crippen LogP contribution is -2.14. The number of amides is 1. The van der Waals surface area contributed by atoms with Gasteiger partial charge in [-0.3, -0.25) is 4.79 Å². The molecule has 0 saturated heterocycles. The average Bonchev–Trinajstić information content (AvgIpc) is 3.18. The van der Waals surface area contributed by atoms with Gasteiger partial charge in [-0.1, -0.05) is 12.1 Å². The smallest absolute Gasteiger partial charge is 0.282 e. The highest BCUT2D eigenvalue weighted by Gasteiger charge is 2.32. The molecule has 7 heteroatoms. The molecule has 1 amide bonds. The second-order valence-electron chi connectivity index (χ2n) is 6.46. The monoisotopic (exact) mass is 340 g/mol. The molecular weight excluding hydrogens is 320 g/mol. The van der Waals surface area contributed by atoms with Crippen molar-refractivity contribution in [1.29, 1.82) is 0 Å². The maximum atomic E-state index is 12.4. The molecule has 1 aliphatic carbocycles. The zero-order valence-electron chi connectivity index (χ0n) is 13.8. The highest BCUT2D eigenvalue weighted by atomic mass is 16.5. The number of aromatic nitrogens is 1. The number of carbonyl (C=O) groups is 1. The first-order valence-corrected chi connectivity index (χ1v) is 8.49. The van der Waals surface area contributed by atoms with Gasteiger partial charge < -0.3 is 20.2 Å². The molecule has 3 N–H and O–H groups in total. The van der Waals surface area contributed by atoms with Crippen molar-refractivity contribution in [2.24, 2.45) is 10.7 Å². The highest BCUT2D eigenvalue weighted by Crippen LogP contribution is 2.41. The summed E-state index contributed by atoms with van der Waals surface area (Å²) < 4.78 is 10.5. The summed E-state index contributed by atoms with van der Waals surface area (Å²) in [6.45, 7) is 0.557. The van der Waals surface area contributed by atoms with Crippen LogP contribution in [0, 0.1) is 0 Å². The molecule has 1 aromatic heterocycles. The Morgan fingerprint density at radius 1 is 1.28 bits per heavy atom. The number of hydrogen-bond acceptors (Lipinski definition) is 6. The van der Waals surface area contributed by atoms with Crippen LogP contribution in [0.25, 0.3) is 0 Å². The number of amidine groups is 1. The second kappa shape index (κ2) is 6.58. The van der Waals surface area contributed by atoms with Crippen molar-refractivity contribution in [1.82, 2.24) is 4.98 Å². The molecular formula is C18H20N4O3. The van der Waals surface area contributed by atoms with Crippen LogP contribution in [0.2, 0.25) is 0 Å². The highest BCUT2D eigenvalue weighted by molar-refractivity contribution is 6.03. The molecule has 1 fully saturated rings. The van der Waals surface area contributed by atoms with Crippen molar-refractivity contribution in [2.45, 2.75) is 37.6 Å². The first-order valence-electron chi connectivity index (χ1n) is 8.49. The van der Waals surface area contributed by atoms with Gasteiger partial charge in [-0.25, -0.2) is 9.98 Å². The van der Waals surface area contributed by atoms with E-state index in [0.717, 1.165) is 31.4 Å². The molecule has 0 unspecified atom stereocenters. The van der Waals surface area contributed by atoms with E-state index in [9.17, 15) is 4.79 Å². The lowest BCUT2D eigenvalue weighted by Gasteiger charge is -2.07. The van der Waals surface area contributed by atoms with Gasteiger partial charge in [0.05, 0.1) is 6.04 Å². The molecule has 1 saturated carbocycles. The number of aliphatic imine (C=N–C) groups is 1. The van der Waals surface area contributed by atoms with E-state index in [1.165, 1.54) is 12.0 Å². The molecule has 25 heavy (non-hydrogen) atoms. The normalized spacial score (nSPS) is 19.4. The largest absolute Gasteiger partial charge is 0.463 e. The van der Waals surface area contributed by atoms with Crippen LogP contribution in [-0.4, -0.2) is 29.6 Å².